The van der Waals surface area contributed by atoms with E-state index in [1.165, 1.54) is 0 Å². The van der Waals surface area contributed by atoms with E-state index < -0.39 is 5.97 Å². The summed E-state index contributed by atoms with van der Waals surface area (Å²) in [4.78, 5) is 12.9. The predicted molar refractivity (Wildman–Crippen MR) is 64.6 cm³/mol. The summed E-state index contributed by atoms with van der Waals surface area (Å²) in [6.07, 6.45) is 1.97. The number of hydrogen-bond donors (Lipinski definition) is 2. The van der Waals surface area contributed by atoms with E-state index in [1.54, 1.807) is 0 Å². The van der Waals surface area contributed by atoms with E-state index in [2.05, 4.69) is 45.0 Å². The highest BCUT2D eigenvalue weighted by atomic mass is 16.4. The van der Waals surface area contributed by atoms with Crippen molar-refractivity contribution >= 4 is 5.97 Å². The van der Waals surface area contributed by atoms with Crippen molar-refractivity contribution in [2.45, 2.75) is 57.7 Å². The maximum absolute atomic E-state index is 10.6. The van der Waals surface area contributed by atoms with Crippen LogP contribution in [0.4, 0.5) is 0 Å². The van der Waals surface area contributed by atoms with Crippen molar-refractivity contribution in [1.82, 2.24) is 10.2 Å². The molecule has 16 heavy (non-hydrogen) atoms. The lowest BCUT2D eigenvalue weighted by molar-refractivity contribution is -0.136. The van der Waals surface area contributed by atoms with E-state index in [-0.39, 0.29) is 23.7 Å². The van der Waals surface area contributed by atoms with Gasteiger partial charge < -0.3 is 10.4 Å². The molecular weight excluding hydrogens is 204 g/mol. The van der Waals surface area contributed by atoms with Crippen molar-refractivity contribution in [2.75, 3.05) is 13.6 Å². The molecule has 4 heteroatoms. The van der Waals surface area contributed by atoms with Gasteiger partial charge in [0.2, 0.25) is 0 Å². The van der Waals surface area contributed by atoms with E-state index >= 15 is 0 Å². The summed E-state index contributed by atoms with van der Waals surface area (Å²) < 4.78 is 0. The number of nitrogens with zero attached hydrogens (tertiary/aromatic N) is 1. The first-order chi connectivity index (χ1) is 7.15. The van der Waals surface area contributed by atoms with Crippen LogP contribution in [0.5, 0.6) is 0 Å². The second kappa shape index (κ2) is 4.34. The number of piperidine rings is 1. The largest absolute Gasteiger partial charge is 0.480 e. The number of carboxylic acid groups (broad SMARTS) is 1. The van der Waals surface area contributed by atoms with Gasteiger partial charge in [-0.1, -0.05) is 0 Å². The molecule has 1 aliphatic rings. The third-order valence-electron chi connectivity index (χ3n) is 3.85. The van der Waals surface area contributed by atoms with Crippen LogP contribution in [-0.2, 0) is 4.79 Å². The van der Waals surface area contributed by atoms with Crippen molar-refractivity contribution in [3.8, 4) is 0 Å². The number of aliphatic carboxylic acids is 1. The highest BCUT2D eigenvalue weighted by Gasteiger charge is 2.42. The Labute approximate surface area is 98.0 Å². The van der Waals surface area contributed by atoms with Crippen LogP contribution in [0.25, 0.3) is 0 Å². The van der Waals surface area contributed by atoms with Crippen molar-refractivity contribution in [3.05, 3.63) is 0 Å². The van der Waals surface area contributed by atoms with E-state index in [0.29, 0.717) is 0 Å². The van der Waals surface area contributed by atoms with E-state index in [1.807, 2.05) is 0 Å². The Bertz CT molecular complexity index is 256. The van der Waals surface area contributed by atoms with E-state index in [9.17, 15) is 4.79 Å². The molecule has 0 aromatic rings. The van der Waals surface area contributed by atoms with E-state index in [4.69, 9.17) is 5.11 Å². The summed E-state index contributed by atoms with van der Waals surface area (Å²) in [6.45, 7) is 8.90. The van der Waals surface area contributed by atoms with Gasteiger partial charge in [-0.15, -0.1) is 0 Å². The number of carbonyl (C=O) groups is 1. The zero-order valence-corrected chi connectivity index (χ0v) is 11.0. The molecule has 0 aliphatic carbocycles. The van der Waals surface area contributed by atoms with Crippen LogP contribution in [0.15, 0.2) is 0 Å². The maximum Gasteiger partial charge on any atom is 0.317 e. The van der Waals surface area contributed by atoms with Crippen LogP contribution in [0.1, 0.15) is 40.5 Å². The average molecular weight is 228 g/mol. The fourth-order valence-corrected chi connectivity index (χ4v) is 2.75. The molecule has 0 saturated carbocycles. The topological polar surface area (TPSA) is 52.6 Å². The summed E-state index contributed by atoms with van der Waals surface area (Å²) in [7, 11) is 2.15. The Kier molecular flexibility index (Phi) is 3.65. The van der Waals surface area contributed by atoms with Crippen molar-refractivity contribution < 1.29 is 9.90 Å². The van der Waals surface area contributed by atoms with Gasteiger partial charge in [-0.25, -0.2) is 0 Å². The molecular formula is C12H24N2O2. The first-order valence-electron chi connectivity index (χ1n) is 5.84. The molecule has 0 spiro atoms. The molecule has 94 valence electrons. The fraction of sp³-hybridized carbons (Fsp3) is 0.917. The highest BCUT2D eigenvalue weighted by molar-refractivity contribution is 5.69. The lowest BCUT2D eigenvalue weighted by Crippen LogP contribution is -2.62. The third kappa shape index (κ3) is 2.95. The van der Waals surface area contributed by atoms with Crippen LogP contribution in [0, 0.1) is 0 Å². The van der Waals surface area contributed by atoms with Crippen LogP contribution in [-0.4, -0.2) is 46.7 Å². The summed E-state index contributed by atoms with van der Waals surface area (Å²) in [5, 5.41) is 11.8. The molecule has 1 saturated heterocycles. The Morgan fingerprint density at radius 1 is 1.31 bits per heavy atom. The molecule has 0 radical (unpaired) electrons. The number of hydrogen-bond acceptors (Lipinski definition) is 3. The number of rotatable bonds is 3. The van der Waals surface area contributed by atoms with Gasteiger partial charge in [-0.2, -0.15) is 0 Å². The van der Waals surface area contributed by atoms with Gasteiger partial charge in [0.05, 0.1) is 6.54 Å². The summed E-state index contributed by atoms with van der Waals surface area (Å²) in [5.41, 5.74) is 0.218. The zero-order chi connectivity index (χ0) is 12.6. The summed E-state index contributed by atoms with van der Waals surface area (Å²) in [6, 6.07) is 0.289. The van der Waals surface area contributed by atoms with Crippen LogP contribution >= 0.6 is 0 Å². The smallest absolute Gasteiger partial charge is 0.317 e. The first kappa shape index (κ1) is 13.5. The Morgan fingerprint density at radius 2 is 1.75 bits per heavy atom. The fourth-order valence-electron chi connectivity index (χ4n) is 2.75. The van der Waals surface area contributed by atoms with Gasteiger partial charge in [-0.3, -0.25) is 9.69 Å². The molecule has 1 fully saturated rings. The van der Waals surface area contributed by atoms with Gasteiger partial charge >= 0.3 is 5.97 Å². The third-order valence-corrected chi connectivity index (χ3v) is 3.85. The van der Waals surface area contributed by atoms with Crippen LogP contribution in [0.2, 0.25) is 0 Å². The minimum atomic E-state index is -0.783. The summed E-state index contributed by atoms with van der Waals surface area (Å²) in [5.74, 6) is -0.783. The van der Waals surface area contributed by atoms with E-state index in [0.717, 1.165) is 12.8 Å². The van der Waals surface area contributed by atoms with Crippen LogP contribution in [0.3, 0.4) is 0 Å². The highest BCUT2D eigenvalue weighted by Crippen LogP contribution is 2.36. The average Bonchev–Trinajstić information content (AvgIpc) is 2.10. The van der Waals surface area contributed by atoms with Crippen molar-refractivity contribution in [3.63, 3.8) is 0 Å². The van der Waals surface area contributed by atoms with Gasteiger partial charge in [-0.05, 0) is 47.6 Å². The molecule has 2 N–H and O–H groups in total. The van der Waals surface area contributed by atoms with Gasteiger partial charge in [0.1, 0.15) is 0 Å². The molecule has 1 rings (SSSR count). The van der Waals surface area contributed by atoms with Crippen LogP contribution < -0.4 is 5.32 Å². The second-order valence-electron chi connectivity index (χ2n) is 6.06. The Hall–Kier alpha value is -0.610. The Balaban J connectivity index is 2.67. The molecule has 0 amide bonds. The molecule has 0 bridgehead atoms. The standard InChI is InChI=1S/C12H24N2O2/c1-11(2)6-9(13-8-10(15)16)7-12(3,4)14(11)5/h9,13H,6-8H2,1-5H3,(H,15,16). The zero-order valence-electron chi connectivity index (χ0n) is 11.0. The molecule has 1 aliphatic heterocycles. The SMILES string of the molecule is CN1C(C)(C)CC(NCC(=O)O)CC1(C)C. The summed E-state index contributed by atoms with van der Waals surface area (Å²) >= 11 is 0. The number of nitrogens with one attached hydrogen (secondary N) is 1. The quantitative estimate of drug-likeness (QED) is 0.765. The molecule has 4 nitrogen and oxygen atoms in total. The van der Waals surface area contributed by atoms with Gasteiger partial charge in [0.15, 0.2) is 0 Å². The van der Waals surface area contributed by atoms with Crippen molar-refractivity contribution in [1.29, 1.82) is 0 Å². The molecule has 0 aromatic heterocycles. The van der Waals surface area contributed by atoms with Crippen molar-refractivity contribution in [2.24, 2.45) is 0 Å². The minimum absolute atomic E-state index is 0.0561. The normalized spacial score (nSPS) is 25.6. The second-order valence-corrected chi connectivity index (χ2v) is 6.06. The lowest BCUT2D eigenvalue weighted by Gasteiger charge is -2.53. The molecule has 0 atom stereocenters. The minimum Gasteiger partial charge on any atom is -0.480 e. The lowest BCUT2D eigenvalue weighted by atomic mass is 9.77. The molecule has 1 heterocycles. The molecule has 0 aromatic carbocycles. The predicted octanol–water partition coefficient (Wildman–Crippen LogP) is 1.31. The van der Waals surface area contributed by atoms with Gasteiger partial charge in [0.25, 0.3) is 0 Å². The Morgan fingerprint density at radius 3 is 2.12 bits per heavy atom. The maximum atomic E-state index is 10.6. The first-order valence-corrected chi connectivity index (χ1v) is 5.84. The molecule has 0 unspecified atom stereocenters. The monoisotopic (exact) mass is 228 g/mol. The number of likely N-dealkylation sites (tertiary alicyclic amines) is 1. The number of carboxylic acids is 1. The van der Waals surface area contributed by atoms with Gasteiger partial charge in [0, 0.05) is 17.1 Å².